The van der Waals surface area contributed by atoms with Gasteiger partial charge in [-0.3, -0.25) is 24.0 Å². The third-order valence-corrected chi connectivity index (χ3v) is 7.49. The second-order valence-corrected chi connectivity index (χ2v) is 12.2. The summed E-state index contributed by atoms with van der Waals surface area (Å²) < 4.78 is 0. The standard InChI is InChI=1S/C28H41N5O6S/c1-8-13-29-25(37)21(34)17(4)30-24(36)18-11-9-14-33(18)26(38)23(28(5,6)7)32-27(39)31-20(16(2)3)22(35)19-12-10-15-40-19/h8,10,12,15-18,20,23H,1,9,11,13-14H2,2-7H3,(H,29,37)(H,30,36)(H2,31,32,39)/t17?,18-,20?,23?/m0/s1. The van der Waals surface area contributed by atoms with Gasteiger partial charge in [-0.25, -0.2) is 4.79 Å². The molecule has 1 aromatic rings. The normalized spacial score (nSPS) is 17.4. The molecule has 0 radical (unpaired) electrons. The maximum absolute atomic E-state index is 13.7. The van der Waals surface area contributed by atoms with Gasteiger partial charge >= 0.3 is 6.03 Å². The van der Waals surface area contributed by atoms with E-state index in [0.29, 0.717) is 24.3 Å². The maximum Gasteiger partial charge on any atom is 0.316 e. The van der Waals surface area contributed by atoms with E-state index in [4.69, 9.17) is 0 Å². The van der Waals surface area contributed by atoms with Crippen LogP contribution in [-0.4, -0.2) is 77.5 Å². The van der Waals surface area contributed by atoms with Gasteiger partial charge in [-0.05, 0) is 42.5 Å². The Bertz CT molecular complexity index is 1110. The molecule has 0 bridgehead atoms. The predicted molar refractivity (Wildman–Crippen MR) is 153 cm³/mol. The lowest BCUT2D eigenvalue weighted by molar-refractivity contribution is -0.143. The zero-order chi connectivity index (χ0) is 30.2. The van der Waals surface area contributed by atoms with Gasteiger partial charge in [0.2, 0.25) is 17.6 Å². The number of carbonyl (C=O) groups excluding carboxylic acids is 6. The Hall–Kier alpha value is -3.54. The monoisotopic (exact) mass is 575 g/mol. The van der Waals surface area contributed by atoms with Crippen molar-refractivity contribution in [2.24, 2.45) is 11.3 Å². The fraction of sp³-hybridized carbons (Fsp3) is 0.571. The Morgan fingerprint density at radius 1 is 1.10 bits per heavy atom. The van der Waals surface area contributed by atoms with Crippen LogP contribution in [0.1, 0.15) is 64.1 Å². The Morgan fingerprint density at radius 2 is 1.77 bits per heavy atom. The van der Waals surface area contributed by atoms with E-state index in [2.05, 4.69) is 27.8 Å². The molecule has 11 nitrogen and oxygen atoms in total. The van der Waals surface area contributed by atoms with Gasteiger partial charge in [-0.2, -0.15) is 0 Å². The van der Waals surface area contributed by atoms with E-state index in [-0.39, 0.29) is 18.2 Å². The summed E-state index contributed by atoms with van der Waals surface area (Å²) in [6.07, 6.45) is 2.36. The maximum atomic E-state index is 13.7. The number of urea groups is 1. The summed E-state index contributed by atoms with van der Waals surface area (Å²) in [5, 5.41) is 12.2. The van der Waals surface area contributed by atoms with Gasteiger partial charge in [0.05, 0.1) is 17.0 Å². The Morgan fingerprint density at radius 3 is 2.33 bits per heavy atom. The van der Waals surface area contributed by atoms with Crippen molar-refractivity contribution in [1.29, 1.82) is 0 Å². The van der Waals surface area contributed by atoms with Crippen LogP contribution >= 0.6 is 11.3 Å². The van der Waals surface area contributed by atoms with Crippen LogP contribution in [0, 0.1) is 11.3 Å². The summed E-state index contributed by atoms with van der Waals surface area (Å²) in [4.78, 5) is 79.0. The van der Waals surface area contributed by atoms with Crippen molar-refractivity contribution in [2.45, 2.75) is 78.6 Å². The second-order valence-electron chi connectivity index (χ2n) is 11.3. The number of carbonyl (C=O) groups is 6. The van der Waals surface area contributed by atoms with Gasteiger partial charge in [0.1, 0.15) is 12.1 Å². The first-order chi connectivity index (χ1) is 18.7. The topological polar surface area (TPSA) is 154 Å². The highest BCUT2D eigenvalue weighted by Gasteiger charge is 2.43. The van der Waals surface area contributed by atoms with Crippen molar-refractivity contribution >= 4 is 46.7 Å². The Balaban J connectivity index is 2.13. The number of thiophene rings is 1. The number of likely N-dealkylation sites (tertiary alicyclic amines) is 1. The van der Waals surface area contributed by atoms with Crippen molar-refractivity contribution in [3.05, 3.63) is 35.0 Å². The first kappa shape index (κ1) is 32.7. The third-order valence-electron chi connectivity index (χ3n) is 6.61. The molecule has 0 spiro atoms. The number of hydrogen-bond donors (Lipinski definition) is 4. The smallest absolute Gasteiger partial charge is 0.316 e. The van der Waals surface area contributed by atoms with E-state index in [0.717, 1.165) is 0 Å². The summed E-state index contributed by atoms with van der Waals surface area (Å²) in [5.74, 6) is -3.06. The Labute approximate surface area is 239 Å². The van der Waals surface area contributed by atoms with E-state index >= 15 is 0 Å². The summed E-state index contributed by atoms with van der Waals surface area (Å²) in [6, 6.07) is -0.952. The first-order valence-corrected chi connectivity index (χ1v) is 14.3. The molecule has 0 aromatic carbocycles. The first-order valence-electron chi connectivity index (χ1n) is 13.4. The number of nitrogens with zero attached hydrogens (tertiary/aromatic N) is 1. The number of hydrogen-bond acceptors (Lipinski definition) is 7. The number of ketones is 2. The lowest BCUT2D eigenvalue weighted by atomic mass is 9.85. The molecule has 2 rings (SSSR count). The van der Waals surface area contributed by atoms with Gasteiger partial charge in [-0.15, -0.1) is 17.9 Å². The molecular formula is C28H41N5O6S. The van der Waals surface area contributed by atoms with Gasteiger partial charge < -0.3 is 26.2 Å². The molecule has 0 saturated carbocycles. The van der Waals surface area contributed by atoms with Gasteiger partial charge in [0.15, 0.2) is 5.78 Å². The molecular weight excluding hydrogens is 534 g/mol. The van der Waals surface area contributed by atoms with E-state index < -0.39 is 59.1 Å². The van der Waals surface area contributed by atoms with Gasteiger partial charge in [0.25, 0.3) is 5.91 Å². The molecule has 220 valence electrons. The molecule has 1 saturated heterocycles. The molecule has 1 aromatic heterocycles. The average molecular weight is 576 g/mol. The Kier molecular flexibility index (Phi) is 11.6. The van der Waals surface area contributed by atoms with Crippen LogP contribution < -0.4 is 21.3 Å². The molecule has 4 atom stereocenters. The van der Waals surface area contributed by atoms with Gasteiger partial charge in [-0.1, -0.05) is 46.8 Å². The lowest BCUT2D eigenvalue weighted by Gasteiger charge is -2.36. The van der Waals surface area contributed by atoms with E-state index in [1.807, 2.05) is 13.8 Å². The minimum atomic E-state index is -1.09. The SMILES string of the molecule is C=CCNC(=O)C(=O)C(C)NC(=O)[C@@H]1CCCN1C(=O)C(NC(=O)NC(C(=O)c1cccs1)C(C)C)C(C)(C)C. The summed E-state index contributed by atoms with van der Waals surface area (Å²) in [6.45, 7) is 14.3. The van der Waals surface area contributed by atoms with Crippen LogP contribution in [0.3, 0.4) is 0 Å². The zero-order valence-corrected chi connectivity index (χ0v) is 24.9. The van der Waals surface area contributed by atoms with Crippen LogP contribution in [0.4, 0.5) is 4.79 Å². The largest absolute Gasteiger partial charge is 0.346 e. The van der Waals surface area contributed by atoms with Crippen molar-refractivity contribution < 1.29 is 28.8 Å². The molecule has 1 fully saturated rings. The van der Waals surface area contributed by atoms with Crippen LogP contribution in [0.2, 0.25) is 0 Å². The molecule has 2 heterocycles. The zero-order valence-electron chi connectivity index (χ0n) is 24.0. The average Bonchev–Trinajstić information content (AvgIpc) is 3.59. The second kappa shape index (κ2) is 14.2. The van der Waals surface area contributed by atoms with Gasteiger partial charge in [0, 0.05) is 13.1 Å². The molecule has 40 heavy (non-hydrogen) atoms. The van der Waals surface area contributed by atoms with Crippen molar-refractivity contribution in [2.75, 3.05) is 13.1 Å². The highest BCUT2D eigenvalue weighted by atomic mass is 32.1. The predicted octanol–water partition coefficient (Wildman–Crippen LogP) is 2.04. The highest BCUT2D eigenvalue weighted by Crippen LogP contribution is 2.26. The number of amides is 5. The lowest BCUT2D eigenvalue weighted by Crippen LogP contribution is -2.61. The molecule has 5 amide bonds. The fourth-order valence-electron chi connectivity index (χ4n) is 4.36. The van der Waals surface area contributed by atoms with Crippen LogP contribution in [0.5, 0.6) is 0 Å². The van der Waals surface area contributed by atoms with E-state index in [1.165, 1.54) is 29.2 Å². The quantitative estimate of drug-likeness (QED) is 0.170. The van der Waals surface area contributed by atoms with Crippen molar-refractivity contribution in [3.8, 4) is 0 Å². The summed E-state index contributed by atoms with van der Waals surface area (Å²) >= 11 is 1.29. The summed E-state index contributed by atoms with van der Waals surface area (Å²) in [5.41, 5.74) is -0.727. The number of rotatable bonds is 12. The van der Waals surface area contributed by atoms with Crippen molar-refractivity contribution in [3.63, 3.8) is 0 Å². The molecule has 3 unspecified atom stereocenters. The fourth-order valence-corrected chi connectivity index (χ4v) is 5.07. The van der Waals surface area contributed by atoms with Crippen LogP contribution in [-0.2, 0) is 19.2 Å². The van der Waals surface area contributed by atoms with Crippen LogP contribution in [0.15, 0.2) is 30.2 Å². The molecule has 1 aliphatic heterocycles. The van der Waals surface area contributed by atoms with Crippen molar-refractivity contribution in [1.82, 2.24) is 26.2 Å². The minimum Gasteiger partial charge on any atom is -0.346 e. The van der Waals surface area contributed by atoms with E-state index in [1.54, 1.807) is 38.3 Å². The molecule has 0 aliphatic carbocycles. The minimum absolute atomic E-state index is 0.116. The van der Waals surface area contributed by atoms with Crippen LogP contribution in [0.25, 0.3) is 0 Å². The molecule has 1 aliphatic rings. The number of nitrogens with one attached hydrogen (secondary N) is 4. The highest BCUT2D eigenvalue weighted by molar-refractivity contribution is 7.12. The molecule has 4 N–H and O–H groups in total. The van der Waals surface area contributed by atoms with E-state index in [9.17, 15) is 28.8 Å². The third kappa shape index (κ3) is 8.48. The summed E-state index contributed by atoms with van der Waals surface area (Å²) in [7, 11) is 0. The molecule has 12 heteroatoms. The number of Topliss-reactive ketones (excluding diaryl/α,β-unsaturated/α-hetero) is 2.